The van der Waals surface area contributed by atoms with Crippen molar-refractivity contribution in [2.45, 2.75) is 31.8 Å². The molecule has 1 aromatic rings. The number of ether oxygens (including phenoxy) is 2. The third kappa shape index (κ3) is 3.62. The van der Waals surface area contributed by atoms with Crippen LogP contribution in [-0.2, 0) is 4.74 Å². The minimum Gasteiger partial charge on any atom is -0.495 e. The predicted molar refractivity (Wildman–Crippen MR) is 75.6 cm³/mol. The van der Waals surface area contributed by atoms with E-state index in [2.05, 4.69) is 0 Å². The quantitative estimate of drug-likeness (QED) is 0.767. The van der Waals surface area contributed by atoms with Crippen molar-refractivity contribution in [2.75, 3.05) is 13.7 Å². The van der Waals surface area contributed by atoms with Crippen LogP contribution in [-0.4, -0.2) is 25.6 Å². The van der Waals surface area contributed by atoms with Gasteiger partial charge in [0.2, 0.25) is 0 Å². The van der Waals surface area contributed by atoms with Crippen molar-refractivity contribution in [3.63, 3.8) is 0 Å². The molecule has 5 heteroatoms. The molecule has 1 atom stereocenters. The molecule has 0 N–H and O–H groups in total. The fraction of sp³-hybridized carbons (Fsp3) is 0.500. The van der Waals surface area contributed by atoms with Crippen molar-refractivity contribution in [3.05, 3.63) is 27.7 Å². The van der Waals surface area contributed by atoms with Crippen LogP contribution in [0.15, 0.2) is 12.1 Å². The van der Waals surface area contributed by atoms with Crippen LogP contribution in [0.3, 0.4) is 0 Å². The Morgan fingerprint density at radius 2 is 2.21 bits per heavy atom. The lowest BCUT2D eigenvalue weighted by Crippen LogP contribution is -2.09. The molecule has 1 aliphatic rings. The number of hydrogen-bond donors (Lipinski definition) is 0. The van der Waals surface area contributed by atoms with Gasteiger partial charge in [-0.15, -0.1) is 0 Å². The van der Waals surface area contributed by atoms with Crippen LogP contribution >= 0.6 is 23.2 Å². The van der Waals surface area contributed by atoms with Crippen LogP contribution < -0.4 is 4.74 Å². The van der Waals surface area contributed by atoms with Crippen LogP contribution in [0.1, 0.15) is 36.0 Å². The molecule has 19 heavy (non-hydrogen) atoms. The Bertz CT molecular complexity index is 468. The minimum absolute atomic E-state index is 0.00921. The molecule has 0 amide bonds. The molecule has 3 nitrogen and oxygen atoms in total. The number of hydrogen-bond acceptors (Lipinski definition) is 3. The van der Waals surface area contributed by atoms with Crippen molar-refractivity contribution < 1.29 is 14.3 Å². The van der Waals surface area contributed by atoms with Gasteiger partial charge in [-0.05, 0) is 25.3 Å². The van der Waals surface area contributed by atoms with Gasteiger partial charge in [-0.25, -0.2) is 0 Å². The first-order valence-electron chi connectivity index (χ1n) is 6.29. The first-order chi connectivity index (χ1) is 9.11. The Kier molecular flexibility index (Phi) is 5.08. The van der Waals surface area contributed by atoms with E-state index in [1.807, 2.05) is 0 Å². The van der Waals surface area contributed by atoms with Crippen LogP contribution in [0.25, 0.3) is 0 Å². The summed E-state index contributed by atoms with van der Waals surface area (Å²) < 4.78 is 10.6. The highest BCUT2D eigenvalue weighted by atomic mass is 35.5. The molecule has 0 spiro atoms. The number of ketones is 1. The molecule has 0 aromatic heterocycles. The van der Waals surface area contributed by atoms with Crippen LogP contribution in [0.4, 0.5) is 0 Å². The van der Waals surface area contributed by atoms with Crippen LogP contribution in [0, 0.1) is 0 Å². The lowest BCUT2D eigenvalue weighted by Gasteiger charge is -2.10. The molecule has 0 saturated carbocycles. The second-order valence-corrected chi connectivity index (χ2v) is 5.38. The zero-order valence-electron chi connectivity index (χ0n) is 10.7. The van der Waals surface area contributed by atoms with Gasteiger partial charge in [0.05, 0.1) is 23.3 Å². The van der Waals surface area contributed by atoms with Crippen molar-refractivity contribution >= 4 is 29.0 Å². The summed E-state index contributed by atoms with van der Waals surface area (Å²) in [6, 6.07) is 3.14. The van der Waals surface area contributed by atoms with E-state index in [9.17, 15) is 4.79 Å². The number of rotatable bonds is 5. The van der Waals surface area contributed by atoms with E-state index in [1.54, 1.807) is 12.1 Å². The largest absolute Gasteiger partial charge is 0.495 e. The molecular weight excluding hydrogens is 287 g/mol. The summed E-state index contributed by atoms with van der Waals surface area (Å²) in [5.74, 6) is 0.465. The zero-order chi connectivity index (χ0) is 13.8. The standard InChI is InChI=1S/C14H16Cl2O3/c1-18-14-8-11(15)10(7-12(14)16)13(17)5-4-9-3-2-6-19-9/h7-9H,2-6H2,1H3. The highest BCUT2D eigenvalue weighted by Gasteiger charge is 2.19. The molecule has 2 rings (SSSR count). The number of carbonyl (C=O) groups excluding carboxylic acids is 1. The average Bonchev–Trinajstić information content (AvgIpc) is 2.91. The Morgan fingerprint density at radius 3 is 2.84 bits per heavy atom. The van der Waals surface area contributed by atoms with E-state index < -0.39 is 0 Å². The van der Waals surface area contributed by atoms with Gasteiger partial charge in [0.25, 0.3) is 0 Å². The molecule has 1 unspecified atom stereocenters. The molecule has 0 aliphatic carbocycles. The van der Waals surface area contributed by atoms with E-state index in [-0.39, 0.29) is 11.9 Å². The Balaban J connectivity index is 2.03. The Hall–Kier alpha value is -0.770. The van der Waals surface area contributed by atoms with Gasteiger partial charge in [-0.3, -0.25) is 4.79 Å². The molecule has 1 saturated heterocycles. The molecule has 1 aromatic carbocycles. The Labute approximate surface area is 122 Å². The van der Waals surface area contributed by atoms with Gasteiger partial charge in [0, 0.05) is 24.7 Å². The summed E-state index contributed by atoms with van der Waals surface area (Å²) in [5.41, 5.74) is 0.450. The molecule has 0 bridgehead atoms. The van der Waals surface area contributed by atoms with E-state index in [1.165, 1.54) is 7.11 Å². The van der Waals surface area contributed by atoms with E-state index in [0.717, 1.165) is 25.9 Å². The van der Waals surface area contributed by atoms with Gasteiger partial charge in [0.15, 0.2) is 5.78 Å². The molecule has 1 aliphatic heterocycles. The lowest BCUT2D eigenvalue weighted by molar-refractivity contribution is 0.0859. The first-order valence-corrected chi connectivity index (χ1v) is 7.05. The third-order valence-electron chi connectivity index (χ3n) is 3.26. The van der Waals surface area contributed by atoms with Crippen molar-refractivity contribution in [1.29, 1.82) is 0 Å². The first kappa shape index (κ1) is 14.6. The second-order valence-electron chi connectivity index (χ2n) is 4.56. The van der Waals surface area contributed by atoms with Gasteiger partial charge >= 0.3 is 0 Å². The molecular formula is C14H16Cl2O3. The van der Waals surface area contributed by atoms with Crippen molar-refractivity contribution in [3.8, 4) is 5.75 Å². The molecule has 104 valence electrons. The topological polar surface area (TPSA) is 35.5 Å². The maximum atomic E-state index is 12.1. The minimum atomic E-state index is -0.00921. The summed E-state index contributed by atoms with van der Waals surface area (Å²) >= 11 is 12.1. The summed E-state index contributed by atoms with van der Waals surface area (Å²) in [7, 11) is 1.51. The molecule has 1 fully saturated rings. The highest BCUT2D eigenvalue weighted by molar-refractivity contribution is 6.36. The van der Waals surface area contributed by atoms with Crippen molar-refractivity contribution in [2.24, 2.45) is 0 Å². The monoisotopic (exact) mass is 302 g/mol. The molecule has 1 heterocycles. The van der Waals surface area contributed by atoms with Gasteiger partial charge in [0.1, 0.15) is 5.75 Å². The maximum absolute atomic E-state index is 12.1. The maximum Gasteiger partial charge on any atom is 0.164 e. The second kappa shape index (κ2) is 6.60. The van der Waals surface area contributed by atoms with Crippen LogP contribution in [0.5, 0.6) is 5.75 Å². The SMILES string of the molecule is COc1cc(Cl)c(C(=O)CCC2CCCO2)cc1Cl. The normalized spacial score (nSPS) is 18.6. The van der Waals surface area contributed by atoms with Crippen molar-refractivity contribution in [1.82, 2.24) is 0 Å². The summed E-state index contributed by atoms with van der Waals surface area (Å²) in [5, 5.41) is 0.769. The van der Waals surface area contributed by atoms with E-state index in [0.29, 0.717) is 27.8 Å². The molecule has 0 radical (unpaired) electrons. The van der Waals surface area contributed by atoms with E-state index >= 15 is 0 Å². The smallest absolute Gasteiger partial charge is 0.164 e. The Morgan fingerprint density at radius 1 is 1.42 bits per heavy atom. The number of carbonyl (C=O) groups is 1. The van der Waals surface area contributed by atoms with Gasteiger partial charge in [-0.1, -0.05) is 23.2 Å². The number of halogens is 2. The van der Waals surface area contributed by atoms with Gasteiger partial charge in [-0.2, -0.15) is 0 Å². The third-order valence-corrected chi connectivity index (χ3v) is 3.87. The number of methoxy groups -OCH3 is 1. The average molecular weight is 303 g/mol. The van der Waals surface area contributed by atoms with Gasteiger partial charge < -0.3 is 9.47 Å². The fourth-order valence-corrected chi connectivity index (χ4v) is 2.70. The highest BCUT2D eigenvalue weighted by Crippen LogP contribution is 2.32. The fourth-order valence-electron chi connectivity index (χ4n) is 2.20. The van der Waals surface area contributed by atoms with E-state index in [4.69, 9.17) is 32.7 Å². The number of Topliss-reactive ketones (excluding diaryl/α,β-unsaturated/α-hetero) is 1. The summed E-state index contributed by atoms with van der Waals surface area (Å²) in [4.78, 5) is 12.1. The summed E-state index contributed by atoms with van der Waals surface area (Å²) in [6.07, 6.45) is 3.47. The lowest BCUT2D eigenvalue weighted by atomic mass is 10.0. The predicted octanol–water partition coefficient (Wildman–Crippen LogP) is 4.14. The number of benzene rings is 1. The zero-order valence-corrected chi connectivity index (χ0v) is 12.3. The van der Waals surface area contributed by atoms with Crippen LogP contribution in [0.2, 0.25) is 10.0 Å². The summed E-state index contributed by atoms with van der Waals surface area (Å²) in [6.45, 7) is 0.800.